The lowest BCUT2D eigenvalue weighted by atomic mass is 9.74. The highest BCUT2D eigenvalue weighted by Gasteiger charge is 2.31. The molecule has 4 rings (SSSR count). The molecule has 0 aromatic heterocycles. The molecule has 0 N–H and O–H groups in total. The van der Waals surface area contributed by atoms with Gasteiger partial charge in [0.2, 0.25) is 0 Å². The van der Waals surface area contributed by atoms with E-state index in [1.807, 2.05) is 0 Å². The van der Waals surface area contributed by atoms with Gasteiger partial charge in [0, 0.05) is 11.5 Å². The van der Waals surface area contributed by atoms with Crippen LogP contribution in [0.2, 0.25) is 0 Å². The maximum atomic E-state index is 12.7. The Bertz CT molecular complexity index is 793. The topological polar surface area (TPSA) is 17.1 Å². The number of benzene rings is 2. The Balaban J connectivity index is 2.11. The molecule has 0 bridgehead atoms. The van der Waals surface area contributed by atoms with E-state index in [1.165, 1.54) is 21.9 Å². The second-order valence-corrected chi connectivity index (χ2v) is 5.67. The Morgan fingerprint density at radius 3 is 2.85 bits per heavy atom. The van der Waals surface area contributed by atoms with Gasteiger partial charge < -0.3 is 0 Å². The van der Waals surface area contributed by atoms with Gasteiger partial charge in [-0.25, -0.2) is 0 Å². The average molecular weight is 260 g/mol. The smallest absolute Gasteiger partial charge is 0.166 e. The molecule has 2 aromatic rings. The van der Waals surface area contributed by atoms with Gasteiger partial charge in [-0.05, 0) is 40.3 Å². The first-order chi connectivity index (χ1) is 9.77. The zero-order valence-corrected chi connectivity index (χ0v) is 11.5. The summed E-state index contributed by atoms with van der Waals surface area (Å²) in [7, 11) is 0. The molecule has 2 aliphatic rings. The molecule has 0 saturated carbocycles. The summed E-state index contributed by atoms with van der Waals surface area (Å²) in [6.45, 7) is 2.05. The van der Waals surface area contributed by atoms with E-state index in [0.29, 0.717) is 5.78 Å². The van der Waals surface area contributed by atoms with Crippen LogP contribution in [-0.2, 0) is 4.79 Å². The Hall–Kier alpha value is -2.15. The Labute approximate surface area is 118 Å². The van der Waals surface area contributed by atoms with Crippen LogP contribution in [0.15, 0.2) is 54.1 Å². The van der Waals surface area contributed by atoms with Crippen molar-refractivity contribution in [3.63, 3.8) is 0 Å². The van der Waals surface area contributed by atoms with Crippen molar-refractivity contribution in [2.45, 2.75) is 25.7 Å². The van der Waals surface area contributed by atoms with Gasteiger partial charge in [0.05, 0.1) is 0 Å². The van der Waals surface area contributed by atoms with Gasteiger partial charge in [-0.15, -0.1) is 0 Å². The normalized spacial score (nSPS) is 21.1. The number of carbonyl (C=O) groups is 1. The molecule has 0 spiro atoms. The van der Waals surface area contributed by atoms with E-state index in [2.05, 4.69) is 55.5 Å². The zero-order valence-electron chi connectivity index (χ0n) is 11.5. The molecular weight excluding hydrogens is 244 g/mol. The molecular formula is C19H16O. The summed E-state index contributed by atoms with van der Waals surface area (Å²) in [4.78, 5) is 12.7. The Morgan fingerprint density at radius 2 is 1.95 bits per heavy atom. The van der Waals surface area contributed by atoms with Gasteiger partial charge in [0.15, 0.2) is 5.78 Å². The summed E-state index contributed by atoms with van der Waals surface area (Å²) >= 11 is 0. The van der Waals surface area contributed by atoms with Crippen molar-refractivity contribution in [2.24, 2.45) is 0 Å². The van der Waals surface area contributed by atoms with Crippen LogP contribution in [-0.4, -0.2) is 5.78 Å². The van der Waals surface area contributed by atoms with Crippen LogP contribution in [0.4, 0.5) is 0 Å². The van der Waals surface area contributed by atoms with Crippen LogP contribution in [0, 0.1) is 0 Å². The number of ketones is 1. The molecule has 1 atom stereocenters. The van der Waals surface area contributed by atoms with Crippen molar-refractivity contribution in [3.05, 3.63) is 65.3 Å². The highest BCUT2D eigenvalue weighted by Crippen LogP contribution is 2.43. The van der Waals surface area contributed by atoms with Gasteiger partial charge >= 0.3 is 0 Å². The third-order valence-electron chi connectivity index (χ3n) is 4.56. The van der Waals surface area contributed by atoms with Crippen molar-refractivity contribution in [2.75, 3.05) is 0 Å². The van der Waals surface area contributed by atoms with E-state index in [1.54, 1.807) is 0 Å². The van der Waals surface area contributed by atoms with E-state index < -0.39 is 0 Å². The molecule has 1 heteroatoms. The first kappa shape index (κ1) is 11.7. The van der Waals surface area contributed by atoms with Crippen molar-refractivity contribution >= 4 is 22.1 Å². The fourth-order valence-electron chi connectivity index (χ4n) is 3.56. The standard InChI is InChI=1S/C19H16O/c1-12-18-14-7-3-2-6-13(14)10-11-16(18)15-8-4-5-9-17(15)19(12)20/h2-4,6-8,10-12H,5,9H2,1H3. The van der Waals surface area contributed by atoms with Crippen molar-refractivity contribution in [3.8, 4) is 0 Å². The van der Waals surface area contributed by atoms with Crippen LogP contribution in [0.1, 0.15) is 36.8 Å². The fourth-order valence-corrected chi connectivity index (χ4v) is 3.56. The monoisotopic (exact) mass is 260 g/mol. The molecule has 0 fully saturated rings. The number of carbonyl (C=O) groups excluding carboxylic acids is 1. The number of Topliss-reactive ketones (excluding diaryl/α,β-unsaturated/α-hetero) is 1. The SMILES string of the molecule is CC1C(=O)C2=C(C=CCC2)c2ccc3ccccc3c21. The first-order valence-electron chi connectivity index (χ1n) is 7.23. The van der Waals surface area contributed by atoms with Gasteiger partial charge in [0.1, 0.15) is 0 Å². The number of fused-ring (bicyclic) bond motifs is 4. The lowest BCUT2D eigenvalue weighted by Gasteiger charge is -2.28. The van der Waals surface area contributed by atoms with Crippen molar-refractivity contribution in [1.29, 1.82) is 0 Å². The molecule has 98 valence electrons. The van der Waals surface area contributed by atoms with Crippen LogP contribution in [0.5, 0.6) is 0 Å². The summed E-state index contributed by atoms with van der Waals surface area (Å²) in [6.07, 6.45) is 6.19. The highest BCUT2D eigenvalue weighted by atomic mass is 16.1. The van der Waals surface area contributed by atoms with Crippen molar-refractivity contribution in [1.82, 2.24) is 0 Å². The fraction of sp³-hybridized carbons (Fsp3) is 0.211. The second kappa shape index (κ2) is 4.17. The minimum Gasteiger partial charge on any atom is -0.294 e. The molecule has 0 heterocycles. The minimum absolute atomic E-state index is 0.0265. The summed E-state index contributed by atoms with van der Waals surface area (Å²) < 4.78 is 0. The summed E-state index contributed by atoms with van der Waals surface area (Å²) in [5.41, 5.74) is 4.64. The molecule has 20 heavy (non-hydrogen) atoms. The Kier molecular flexibility index (Phi) is 2.43. The maximum absolute atomic E-state index is 12.7. The van der Waals surface area contributed by atoms with E-state index in [-0.39, 0.29) is 5.92 Å². The lowest BCUT2D eigenvalue weighted by Crippen LogP contribution is -2.21. The Morgan fingerprint density at radius 1 is 1.10 bits per heavy atom. The van der Waals surface area contributed by atoms with Gasteiger partial charge in [-0.1, -0.05) is 55.5 Å². The van der Waals surface area contributed by atoms with E-state index in [0.717, 1.165) is 24.0 Å². The first-order valence-corrected chi connectivity index (χ1v) is 7.23. The average Bonchev–Trinajstić information content (AvgIpc) is 2.51. The van der Waals surface area contributed by atoms with Crippen LogP contribution < -0.4 is 0 Å². The van der Waals surface area contributed by atoms with Crippen LogP contribution in [0.25, 0.3) is 16.3 Å². The number of allylic oxidation sites excluding steroid dienone is 4. The quantitative estimate of drug-likeness (QED) is 0.675. The molecule has 0 amide bonds. The largest absolute Gasteiger partial charge is 0.294 e. The predicted octanol–water partition coefficient (Wildman–Crippen LogP) is 4.63. The van der Waals surface area contributed by atoms with Crippen LogP contribution >= 0.6 is 0 Å². The molecule has 1 nitrogen and oxygen atoms in total. The molecule has 1 unspecified atom stereocenters. The van der Waals surface area contributed by atoms with Crippen molar-refractivity contribution < 1.29 is 4.79 Å². The number of hydrogen-bond acceptors (Lipinski definition) is 1. The molecule has 0 aliphatic heterocycles. The maximum Gasteiger partial charge on any atom is 0.166 e. The van der Waals surface area contributed by atoms with Gasteiger partial charge in [0.25, 0.3) is 0 Å². The summed E-state index contributed by atoms with van der Waals surface area (Å²) in [5, 5.41) is 2.44. The zero-order chi connectivity index (χ0) is 13.7. The second-order valence-electron chi connectivity index (χ2n) is 5.67. The predicted molar refractivity (Wildman–Crippen MR) is 82.7 cm³/mol. The number of hydrogen-bond donors (Lipinski definition) is 0. The van der Waals surface area contributed by atoms with E-state index in [9.17, 15) is 4.79 Å². The van der Waals surface area contributed by atoms with E-state index >= 15 is 0 Å². The third kappa shape index (κ3) is 1.46. The minimum atomic E-state index is -0.0265. The van der Waals surface area contributed by atoms with Gasteiger partial charge in [-0.2, -0.15) is 0 Å². The molecule has 0 saturated heterocycles. The molecule has 2 aliphatic carbocycles. The summed E-state index contributed by atoms with van der Waals surface area (Å²) in [5.74, 6) is 0.287. The van der Waals surface area contributed by atoms with E-state index in [4.69, 9.17) is 0 Å². The summed E-state index contributed by atoms with van der Waals surface area (Å²) in [6, 6.07) is 12.7. The highest BCUT2D eigenvalue weighted by molar-refractivity contribution is 6.14. The third-order valence-corrected chi connectivity index (χ3v) is 4.56. The number of rotatable bonds is 0. The molecule has 0 radical (unpaired) electrons. The van der Waals surface area contributed by atoms with Gasteiger partial charge in [-0.3, -0.25) is 4.79 Å². The molecule has 2 aromatic carbocycles. The lowest BCUT2D eigenvalue weighted by molar-refractivity contribution is -0.116. The van der Waals surface area contributed by atoms with Crippen LogP contribution in [0.3, 0.4) is 0 Å².